The van der Waals surface area contributed by atoms with Crippen molar-refractivity contribution in [2.75, 3.05) is 0 Å². The summed E-state index contributed by atoms with van der Waals surface area (Å²) in [5.41, 5.74) is 0.995. The first kappa shape index (κ1) is 11.5. The minimum Gasteiger partial charge on any atom is -0.481 e. The lowest BCUT2D eigenvalue weighted by atomic mass is 9.78. The van der Waals surface area contributed by atoms with Gasteiger partial charge in [0, 0.05) is 5.02 Å². The van der Waals surface area contributed by atoms with Gasteiger partial charge in [0.05, 0.1) is 5.41 Å². The first-order valence-corrected chi connectivity index (χ1v) is 5.95. The molecule has 1 N–H and O–H groups in total. The van der Waals surface area contributed by atoms with E-state index in [-0.39, 0.29) is 0 Å². The summed E-state index contributed by atoms with van der Waals surface area (Å²) in [7, 11) is 0. The number of aryl methyl sites for hydroxylation is 1. The van der Waals surface area contributed by atoms with Crippen molar-refractivity contribution in [3.05, 3.63) is 34.3 Å². The molecule has 2 rings (SSSR count). The predicted molar refractivity (Wildman–Crippen MR) is 64.0 cm³/mol. The van der Waals surface area contributed by atoms with Gasteiger partial charge in [-0.15, -0.1) is 0 Å². The van der Waals surface area contributed by atoms with Crippen LogP contribution in [0.15, 0.2) is 18.2 Å². The third-order valence-corrected chi connectivity index (χ3v) is 4.08. The summed E-state index contributed by atoms with van der Waals surface area (Å²) >= 11 is 6.24. The van der Waals surface area contributed by atoms with E-state index in [0.717, 1.165) is 24.0 Å². The van der Waals surface area contributed by atoms with E-state index in [9.17, 15) is 9.90 Å². The molecule has 0 saturated heterocycles. The monoisotopic (exact) mass is 238 g/mol. The highest BCUT2D eigenvalue weighted by Gasteiger charge is 2.44. The molecule has 0 radical (unpaired) electrons. The summed E-state index contributed by atoms with van der Waals surface area (Å²) in [4.78, 5) is 11.5. The third-order valence-electron chi connectivity index (χ3n) is 3.57. The van der Waals surface area contributed by atoms with Crippen molar-refractivity contribution in [3.63, 3.8) is 0 Å². The van der Waals surface area contributed by atoms with Crippen molar-refractivity contribution in [2.45, 2.75) is 38.0 Å². The Morgan fingerprint density at radius 1 is 1.38 bits per heavy atom. The van der Waals surface area contributed by atoms with Crippen LogP contribution in [-0.2, 0) is 10.2 Å². The van der Waals surface area contributed by atoms with E-state index >= 15 is 0 Å². The van der Waals surface area contributed by atoms with Crippen LogP contribution in [0.2, 0.25) is 5.02 Å². The van der Waals surface area contributed by atoms with E-state index in [4.69, 9.17) is 11.6 Å². The zero-order chi connectivity index (χ0) is 11.8. The molecule has 0 spiro atoms. The van der Waals surface area contributed by atoms with Crippen molar-refractivity contribution in [1.82, 2.24) is 0 Å². The maximum Gasteiger partial charge on any atom is 0.314 e. The summed E-state index contributed by atoms with van der Waals surface area (Å²) in [6.45, 7) is 1.91. The number of halogens is 1. The maximum atomic E-state index is 11.5. The second kappa shape index (κ2) is 4.10. The zero-order valence-corrected chi connectivity index (χ0v) is 10.0. The van der Waals surface area contributed by atoms with Gasteiger partial charge in [-0.25, -0.2) is 0 Å². The number of carboxylic acids is 1. The highest BCUT2D eigenvalue weighted by atomic mass is 35.5. The largest absolute Gasteiger partial charge is 0.481 e. The Balaban J connectivity index is 2.56. The summed E-state index contributed by atoms with van der Waals surface area (Å²) in [6, 6.07) is 5.66. The molecule has 16 heavy (non-hydrogen) atoms. The van der Waals surface area contributed by atoms with Gasteiger partial charge < -0.3 is 5.11 Å². The summed E-state index contributed by atoms with van der Waals surface area (Å²) in [5, 5.41) is 10.1. The molecule has 1 fully saturated rings. The summed E-state index contributed by atoms with van der Waals surface area (Å²) < 4.78 is 0. The molecule has 1 aliphatic carbocycles. The Morgan fingerprint density at radius 2 is 2.00 bits per heavy atom. The van der Waals surface area contributed by atoms with Crippen LogP contribution in [-0.4, -0.2) is 11.1 Å². The lowest BCUT2D eigenvalue weighted by molar-refractivity contribution is -0.143. The summed E-state index contributed by atoms with van der Waals surface area (Å²) in [5.74, 6) is -0.738. The Kier molecular flexibility index (Phi) is 2.94. The first-order valence-electron chi connectivity index (χ1n) is 5.57. The number of hydrogen-bond donors (Lipinski definition) is 1. The Morgan fingerprint density at radius 3 is 2.56 bits per heavy atom. The minimum absolute atomic E-state index is 0.617. The number of rotatable bonds is 2. The SMILES string of the molecule is Cc1cccc(C2(C(=O)O)CCCC2)c1Cl. The number of carbonyl (C=O) groups is 1. The van der Waals surface area contributed by atoms with Crippen LogP contribution in [0.5, 0.6) is 0 Å². The predicted octanol–water partition coefficient (Wildman–Crippen LogP) is 3.54. The van der Waals surface area contributed by atoms with Crippen molar-refractivity contribution >= 4 is 17.6 Å². The highest BCUT2D eigenvalue weighted by molar-refractivity contribution is 6.32. The van der Waals surface area contributed by atoms with Crippen LogP contribution in [0.4, 0.5) is 0 Å². The molecular weight excluding hydrogens is 224 g/mol. The fraction of sp³-hybridized carbons (Fsp3) is 0.462. The number of hydrogen-bond acceptors (Lipinski definition) is 1. The fourth-order valence-corrected chi connectivity index (χ4v) is 2.90. The number of carboxylic acid groups (broad SMARTS) is 1. The highest BCUT2D eigenvalue weighted by Crippen LogP contribution is 2.44. The van der Waals surface area contributed by atoms with E-state index < -0.39 is 11.4 Å². The van der Waals surface area contributed by atoms with Gasteiger partial charge in [0.2, 0.25) is 0 Å². The Labute approximate surface area is 100 Å². The molecule has 2 nitrogen and oxygen atoms in total. The quantitative estimate of drug-likeness (QED) is 0.856. The van der Waals surface area contributed by atoms with Crippen LogP contribution in [0.3, 0.4) is 0 Å². The average Bonchev–Trinajstić information content (AvgIpc) is 2.72. The summed E-state index contributed by atoms with van der Waals surface area (Å²) in [6.07, 6.45) is 3.34. The molecule has 1 aliphatic rings. The van der Waals surface area contributed by atoms with Gasteiger partial charge in [0.15, 0.2) is 0 Å². The third kappa shape index (κ3) is 1.61. The van der Waals surface area contributed by atoms with Crippen LogP contribution >= 0.6 is 11.6 Å². The molecule has 1 aromatic rings. The Bertz CT molecular complexity index is 420. The van der Waals surface area contributed by atoms with E-state index in [1.165, 1.54) is 0 Å². The van der Waals surface area contributed by atoms with Gasteiger partial charge in [-0.05, 0) is 30.9 Å². The Hall–Kier alpha value is -1.02. The maximum absolute atomic E-state index is 11.5. The average molecular weight is 239 g/mol. The molecule has 0 amide bonds. The molecule has 0 unspecified atom stereocenters. The molecule has 1 aromatic carbocycles. The molecule has 1 saturated carbocycles. The van der Waals surface area contributed by atoms with E-state index in [1.807, 2.05) is 25.1 Å². The fourth-order valence-electron chi connectivity index (χ4n) is 2.59. The minimum atomic E-state index is -0.747. The first-order chi connectivity index (χ1) is 7.58. The smallest absolute Gasteiger partial charge is 0.314 e. The van der Waals surface area contributed by atoms with Crippen molar-refractivity contribution in [3.8, 4) is 0 Å². The number of benzene rings is 1. The van der Waals surface area contributed by atoms with Gasteiger partial charge in [0.1, 0.15) is 0 Å². The normalized spacial score (nSPS) is 18.6. The standard InChI is InChI=1S/C13H15ClO2/c1-9-5-4-6-10(11(9)14)13(12(15)16)7-2-3-8-13/h4-6H,2-3,7-8H2,1H3,(H,15,16). The van der Waals surface area contributed by atoms with Gasteiger partial charge in [0.25, 0.3) is 0 Å². The molecule has 0 heterocycles. The molecule has 3 heteroatoms. The molecular formula is C13H15ClO2. The zero-order valence-electron chi connectivity index (χ0n) is 9.29. The van der Waals surface area contributed by atoms with Crippen molar-refractivity contribution < 1.29 is 9.90 Å². The van der Waals surface area contributed by atoms with Crippen LogP contribution in [0.1, 0.15) is 36.8 Å². The van der Waals surface area contributed by atoms with Gasteiger partial charge in [-0.3, -0.25) is 4.79 Å². The molecule has 86 valence electrons. The lowest BCUT2D eigenvalue weighted by Crippen LogP contribution is -2.33. The van der Waals surface area contributed by atoms with Crippen molar-refractivity contribution in [2.24, 2.45) is 0 Å². The van der Waals surface area contributed by atoms with Gasteiger partial charge in [-0.1, -0.05) is 42.6 Å². The topological polar surface area (TPSA) is 37.3 Å². The van der Waals surface area contributed by atoms with Gasteiger partial charge in [-0.2, -0.15) is 0 Å². The molecule has 0 aliphatic heterocycles. The van der Waals surface area contributed by atoms with Crippen LogP contribution in [0.25, 0.3) is 0 Å². The number of aliphatic carboxylic acids is 1. The van der Waals surface area contributed by atoms with E-state index in [1.54, 1.807) is 0 Å². The van der Waals surface area contributed by atoms with E-state index in [2.05, 4.69) is 0 Å². The van der Waals surface area contributed by atoms with Crippen LogP contribution in [0, 0.1) is 6.92 Å². The molecule has 0 aromatic heterocycles. The van der Waals surface area contributed by atoms with Gasteiger partial charge >= 0.3 is 5.97 Å². The van der Waals surface area contributed by atoms with E-state index in [0.29, 0.717) is 17.9 Å². The second-order valence-electron chi connectivity index (χ2n) is 4.53. The van der Waals surface area contributed by atoms with Crippen LogP contribution < -0.4 is 0 Å². The van der Waals surface area contributed by atoms with Crippen molar-refractivity contribution in [1.29, 1.82) is 0 Å². The lowest BCUT2D eigenvalue weighted by Gasteiger charge is -2.26. The molecule has 0 atom stereocenters. The second-order valence-corrected chi connectivity index (χ2v) is 4.91. The molecule has 0 bridgehead atoms.